The van der Waals surface area contributed by atoms with Crippen molar-refractivity contribution in [3.05, 3.63) is 41.0 Å². The maximum Gasteiger partial charge on any atom is 0.334 e. The third-order valence-electron chi connectivity index (χ3n) is 4.76. The summed E-state index contributed by atoms with van der Waals surface area (Å²) in [5.74, 6) is -1.27. The highest BCUT2D eigenvalue weighted by Gasteiger charge is 2.27. The minimum atomic E-state index is -0.904. The van der Waals surface area contributed by atoms with E-state index in [2.05, 4.69) is 6.92 Å². The van der Waals surface area contributed by atoms with Crippen LogP contribution in [0.4, 0.5) is 8.78 Å². The summed E-state index contributed by atoms with van der Waals surface area (Å²) in [6.07, 6.45) is 8.17. The van der Waals surface area contributed by atoms with Crippen LogP contribution in [0.2, 0.25) is 0 Å². The van der Waals surface area contributed by atoms with Crippen LogP contribution in [0.1, 0.15) is 57.9 Å². The summed E-state index contributed by atoms with van der Waals surface area (Å²) in [6, 6.07) is 3.69. The number of hydrogen-bond donors (Lipinski definition) is 0. The molecule has 1 fully saturated rings. The molecule has 0 atom stereocenters. The second-order valence-corrected chi connectivity index (χ2v) is 6.50. The molecule has 0 aliphatic heterocycles. The molecule has 1 aromatic carbocycles. The normalized spacial score (nSPS) is 21.6. The first-order valence-electron chi connectivity index (χ1n) is 8.88. The lowest BCUT2D eigenvalue weighted by atomic mass is 9.76. The van der Waals surface area contributed by atoms with Crippen molar-refractivity contribution >= 4 is 12.0 Å². The Kier molecular flexibility index (Phi) is 6.95. The highest BCUT2D eigenvalue weighted by Crippen LogP contribution is 2.36. The van der Waals surface area contributed by atoms with Crippen LogP contribution >= 0.6 is 0 Å². The lowest BCUT2D eigenvalue weighted by Crippen LogP contribution is -2.21. The fourth-order valence-corrected chi connectivity index (χ4v) is 3.51. The van der Waals surface area contributed by atoms with Crippen LogP contribution < -0.4 is 0 Å². The Morgan fingerprint density at radius 1 is 1.17 bits per heavy atom. The van der Waals surface area contributed by atoms with Crippen LogP contribution in [0.3, 0.4) is 0 Å². The van der Waals surface area contributed by atoms with Crippen LogP contribution in [0.5, 0.6) is 0 Å². The Balaban J connectivity index is 2.20. The van der Waals surface area contributed by atoms with Gasteiger partial charge in [-0.15, -0.1) is 0 Å². The first kappa shape index (κ1) is 18.6. The summed E-state index contributed by atoms with van der Waals surface area (Å²) in [6.45, 7) is 4.27. The molecular weight excluding hydrogens is 310 g/mol. The van der Waals surface area contributed by atoms with Gasteiger partial charge in [0.25, 0.3) is 0 Å². The molecule has 2 rings (SSSR count). The summed E-state index contributed by atoms with van der Waals surface area (Å²) in [4.78, 5) is 12.3. The fraction of sp³-hybridized carbons (Fsp3) is 0.550. The summed E-state index contributed by atoms with van der Waals surface area (Å²) in [5, 5.41) is 0. The van der Waals surface area contributed by atoms with Gasteiger partial charge in [-0.05, 0) is 68.2 Å². The number of esters is 1. The van der Waals surface area contributed by atoms with Crippen molar-refractivity contribution in [2.24, 2.45) is 11.8 Å². The standard InChI is InChI=1S/C20H26F2O2/c1-3-5-14-6-9-16(10-7-14)17(20(23)24-4-2)12-15-8-11-18(21)19(22)13-15/h8,11-14,16H,3-7,9-10H2,1-2H3. The molecule has 0 spiro atoms. The van der Waals surface area contributed by atoms with Gasteiger partial charge in [0.2, 0.25) is 0 Å². The van der Waals surface area contributed by atoms with Gasteiger partial charge in [-0.3, -0.25) is 0 Å². The Morgan fingerprint density at radius 2 is 1.88 bits per heavy atom. The summed E-state index contributed by atoms with van der Waals surface area (Å²) >= 11 is 0. The molecule has 0 bridgehead atoms. The van der Waals surface area contributed by atoms with E-state index < -0.39 is 11.6 Å². The van der Waals surface area contributed by atoms with E-state index in [0.717, 1.165) is 43.7 Å². The third kappa shape index (κ3) is 4.89. The number of ether oxygens (including phenoxy) is 1. The number of halogens is 2. The minimum Gasteiger partial charge on any atom is -0.463 e. The highest BCUT2D eigenvalue weighted by molar-refractivity contribution is 5.94. The largest absolute Gasteiger partial charge is 0.463 e. The summed E-state index contributed by atoms with van der Waals surface area (Å²) < 4.78 is 31.7. The van der Waals surface area contributed by atoms with Crippen LogP contribution in [0, 0.1) is 23.5 Å². The van der Waals surface area contributed by atoms with Crippen LogP contribution in [-0.4, -0.2) is 12.6 Å². The monoisotopic (exact) mass is 336 g/mol. The van der Waals surface area contributed by atoms with E-state index in [1.165, 1.54) is 18.9 Å². The van der Waals surface area contributed by atoms with Crippen molar-refractivity contribution in [2.75, 3.05) is 6.61 Å². The summed E-state index contributed by atoms with van der Waals surface area (Å²) in [5.41, 5.74) is 1.07. The number of rotatable bonds is 6. The zero-order chi connectivity index (χ0) is 17.5. The molecule has 0 aromatic heterocycles. The van der Waals surface area contributed by atoms with Crippen molar-refractivity contribution in [2.45, 2.75) is 52.4 Å². The SMILES string of the molecule is CCCC1CCC(C(=Cc2ccc(F)c(F)c2)C(=O)OCC)CC1. The van der Waals surface area contributed by atoms with E-state index in [9.17, 15) is 13.6 Å². The molecule has 132 valence electrons. The second kappa shape index (κ2) is 8.95. The Labute approximate surface area is 142 Å². The summed E-state index contributed by atoms with van der Waals surface area (Å²) in [7, 11) is 0. The maximum atomic E-state index is 13.4. The Hall–Kier alpha value is -1.71. The Morgan fingerprint density at radius 3 is 2.46 bits per heavy atom. The molecule has 0 heterocycles. The molecule has 0 N–H and O–H groups in total. The molecule has 24 heavy (non-hydrogen) atoms. The first-order chi connectivity index (χ1) is 11.5. The van der Waals surface area contributed by atoms with Gasteiger partial charge in [-0.2, -0.15) is 0 Å². The average molecular weight is 336 g/mol. The van der Waals surface area contributed by atoms with Gasteiger partial charge in [-0.25, -0.2) is 13.6 Å². The second-order valence-electron chi connectivity index (χ2n) is 6.50. The molecule has 0 radical (unpaired) electrons. The number of carbonyl (C=O) groups excluding carboxylic acids is 1. The van der Waals surface area contributed by atoms with Gasteiger partial charge in [0.15, 0.2) is 11.6 Å². The zero-order valence-corrected chi connectivity index (χ0v) is 14.5. The van der Waals surface area contributed by atoms with Crippen molar-refractivity contribution in [1.29, 1.82) is 0 Å². The van der Waals surface area contributed by atoms with E-state index in [1.54, 1.807) is 13.0 Å². The van der Waals surface area contributed by atoms with Crippen molar-refractivity contribution in [3.63, 3.8) is 0 Å². The molecule has 1 aliphatic carbocycles. The van der Waals surface area contributed by atoms with Crippen LogP contribution in [0.25, 0.3) is 6.08 Å². The smallest absolute Gasteiger partial charge is 0.334 e. The van der Waals surface area contributed by atoms with E-state index in [0.29, 0.717) is 17.7 Å². The molecule has 1 aliphatic rings. The first-order valence-corrected chi connectivity index (χ1v) is 8.88. The van der Waals surface area contributed by atoms with Gasteiger partial charge >= 0.3 is 5.97 Å². The van der Waals surface area contributed by atoms with Crippen molar-refractivity contribution in [3.8, 4) is 0 Å². The molecule has 0 amide bonds. The van der Waals surface area contributed by atoms with Crippen LogP contribution in [-0.2, 0) is 9.53 Å². The maximum absolute atomic E-state index is 13.4. The quantitative estimate of drug-likeness (QED) is 0.505. The number of benzene rings is 1. The van der Waals surface area contributed by atoms with E-state index in [1.807, 2.05) is 0 Å². The molecule has 4 heteroatoms. The Bertz CT molecular complexity index is 587. The van der Waals surface area contributed by atoms with Gasteiger partial charge in [-0.1, -0.05) is 25.8 Å². The van der Waals surface area contributed by atoms with E-state index in [-0.39, 0.29) is 11.9 Å². The van der Waals surface area contributed by atoms with Crippen molar-refractivity contribution in [1.82, 2.24) is 0 Å². The third-order valence-corrected chi connectivity index (χ3v) is 4.76. The van der Waals surface area contributed by atoms with Gasteiger partial charge in [0.1, 0.15) is 0 Å². The zero-order valence-electron chi connectivity index (χ0n) is 14.5. The average Bonchev–Trinajstić information content (AvgIpc) is 2.57. The topological polar surface area (TPSA) is 26.3 Å². The molecule has 2 nitrogen and oxygen atoms in total. The molecule has 0 unspecified atom stereocenters. The molecule has 0 saturated heterocycles. The van der Waals surface area contributed by atoms with E-state index in [4.69, 9.17) is 4.74 Å². The number of carbonyl (C=O) groups is 1. The molecule has 1 saturated carbocycles. The molecule has 1 aromatic rings. The van der Waals surface area contributed by atoms with Crippen LogP contribution in [0.15, 0.2) is 23.8 Å². The predicted molar refractivity (Wildman–Crippen MR) is 91.3 cm³/mol. The lowest BCUT2D eigenvalue weighted by molar-refractivity contribution is -0.139. The van der Waals surface area contributed by atoms with Gasteiger partial charge in [0.05, 0.1) is 6.61 Å². The van der Waals surface area contributed by atoms with Gasteiger partial charge in [0, 0.05) is 5.57 Å². The predicted octanol–water partition coefficient (Wildman–Crippen LogP) is 5.52. The van der Waals surface area contributed by atoms with Crippen molar-refractivity contribution < 1.29 is 18.3 Å². The fourth-order valence-electron chi connectivity index (χ4n) is 3.51. The molecular formula is C20H26F2O2. The minimum absolute atomic E-state index is 0.130. The highest BCUT2D eigenvalue weighted by atomic mass is 19.2. The number of hydrogen-bond acceptors (Lipinski definition) is 2. The van der Waals surface area contributed by atoms with E-state index >= 15 is 0 Å². The lowest BCUT2D eigenvalue weighted by Gasteiger charge is -2.29. The van der Waals surface area contributed by atoms with Gasteiger partial charge < -0.3 is 4.74 Å².